The van der Waals surface area contributed by atoms with Crippen LogP contribution in [-0.2, 0) is 0 Å². The molecule has 0 spiro atoms. The smallest absolute Gasteiger partial charge is 0.0983 e. The largest absolute Gasteiger partial charge is 0.391 e. The molecule has 0 aliphatic carbocycles. The average molecular weight is 288 g/mol. The van der Waals surface area contributed by atoms with E-state index in [4.69, 9.17) is 4.99 Å². The summed E-state index contributed by atoms with van der Waals surface area (Å²) in [6.07, 6.45) is 0. The summed E-state index contributed by atoms with van der Waals surface area (Å²) >= 11 is 0. The van der Waals surface area contributed by atoms with Gasteiger partial charge in [0.1, 0.15) is 0 Å². The van der Waals surface area contributed by atoms with E-state index in [2.05, 4.69) is 54.3 Å². The lowest BCUT2D eigenvalue weighted by molar-refractivity contribution is 0.305. The Morgan fingerprint density at radius 2 is 1.39 bits per heavy atom. The maximum absolute atomic E-state index is 11.0. The Morgan fingerprint density at radius 3 is 1.61 bits per heavy atom. The molecule has 0 aromatic heterocycles. The second-order valence-electron chi connectivity index (χ2n) is 6.68. The fourth-order valence-electron chi connectivity index (χ4n) is 2.57. The third-order valence-corrected chi connectivity index (χ3v) is 12.0. The number of aliphatic imine (C=N–C) groups is 1. The third-order valence-electron chi connectivity index (χ3n) is 4.12. The van der Waals surface area contributed by atoms with Gasteiger partial charge in [-0.05, 0) is 13.8 Å². The Labute approximate surface area is 116 Å². The molecule has 0 aromatic carbocycles. The van der Waals surface area contributed by atoms with Gasteiger partial charge in [-0.25, -0.2) is 0 Å². The quantitative estimate of drug-likeness (QED) is 0.554. The lowest BCUT2D eigenvalue weighted by atomic mass is 10.4. The first-order valence-electron chi connectivity index (χ1n) is 7.40. The summed E-state index contributed by atoms with van der Waals surface area (Å²) in [4.78, 5) is 4.82. The van der Waals surface area contributed by atoms with Crippen LogP contribution in [0.1, 0.15) is 34.6 Å². The molecule has 0 aliphatic heterocycles. The van der Waals surface area contributed by atoms with Crippen LogP contribution >= 0.6 is 0 Å². The van der Waals surface area contributed by atoms with Crippen molar-refractivity contribution >= 4 is 21.5 Å². The van der Waals surface area contributed by atoms with E-state index in [1.807, 2.05) is 0 Å². The summed E-state index contributed by atoms with van der Waals surface area (Å²) in [5.74, 6) is 0. The molecule has 0 aromatic rings. The SMILES string of the molecule is CC[Si](CC)(CC)C(O)C(=NC(C)C)[Si](C)(C)C. The highest BCUT2D eigenvalue weighted by molar-refractivity contribution is 7.08. The van der Waals surface area contributed by atoms with Gasteiger partial charge in [0.15, 0.2) is 0 Å². The molecule has 1 unspecified atom stereocenters. The molecular weight excluding hydrogens is 254 g/mol. The zero-order chi connectivity index (χ0) is 14.6. The second-order valence-corrected chi connectivity index (χ2v) is 17.1. The molecule has 0 heterocycles. The van der Waals surface area contributed by atoms with E-state index in [0.717, 1.165) is 23.5 Å². The van der Waals surface area contributed by atoms with Crippen LogP contribution in [0.4, 0.5) is 0 Å². The van der Waals surface area contributed by atoms with Gasteiger partial charge >= 0.3 is 0 Å². The number of aliphatic hydroxyl groups is 1. The van der Waals surface area contributed by atoms with Crippen LogP contribution in [0.5, 0.6) is 0 Å². The van der Waals surface area contributed by atoms with Crippen molar-refractivity contribution in [3.05, 3.63) is 0 Å². The topological polar surface area (TPSA) is 32.6 Å². The van der Waals surface area contributed by atoms with Gasteiger partial charge in [-0.2, -0.15) is 0 Å². The van der Waals surface area contributed by atoms with E-state index in [9.17, 15) is 5.11 Å². The Morgan fingerprint density at radius 1 is 1.00 bits per heavy atom. The van der Waals surface area contributed by atoms with Crippen molar-refractivity contribution in [2.24, 2.45) is 4.99 Å². The molecule has 4 heteroatoms. The van der Waals surface area contributed by atoms with Crippen molar-refractivity contribution in [3.63, 3.8) is 0 Å². The van der Waals surface area contributed by atoms with Crippen LogP contribution in [-0.4, -0.2) is 38.4 Å². The van der Waals surface area contributed by atoms with Crippen molar-refractivity contribution in [2.45, 2.75) is 84.2 Å². The molecule has 1 N–H and O–H groups in total. The molecule has 0 radical (unpaired) electrons. The Balaban J connectivity index is 5.51. The lowest BCUT2D eigenvalue weighted by Gasteiger charge is -2.38. The Bertz CT molecular complexity index is 270. The zero-order valence-corrected chi connectivity index (χ0v) is 15.7. The number of nitrogens with zero attached hydrogens (tertiary/aromatic N) is 1. The summed E-state index contributed by atoms with van der Waals surface area (Å²) in [6, 6.07) is 3.76. The second kappa shape index (κ2) is 7.01. The van der Waals surface area contributed by atoms with Crippen LogP contribution in [0.15, 0.2) is 4.99 Å². The van der Waals surface area contributed by atoms with Gasteiger partial charge in [0, 0.05) is 11.4 Å². The molecule has 0 amide bonds. The van der Waals surface area contributed by atoms with Crippen LogP contribution in [0.2, 0.25) is 37.8 Å². The molecule has 1 atom stereocenters. The van der Waals surface area contributed by atoms with Gasteiger partial charge in [-0.3, -0.25) is 4.99 Å². The predicted octanol–water partition coefficient (Wildman–Crippen LogP) is 4.12. The maximum Gasteiger partial charge on any atom is 0.0983 e. The third kappa shape index (κ3) is 4.32. The monoisotopic (exact) mass is 287 g/mol. The van der Waals surface area contributed by atoms with Gasteiger partial charge in [-0.1, -0.05) is 58.5 Å². The van der Waals surface area contributed by atoms with Crippen LogP contribution < -0.4 is 0 Å². The molecule has 108 valence electrons. The molecule has 0 saturated heterocycles. The molecule has 0 saturated carbocycles. The number of hydrogen-bond acceptors (Lipinski definition) is 2. The van der Waals surface area contributed by atoms with Crippen molar-refractivity contribution < 1.29 is 5.11 Å². The predicted molar refractivity (Wildman–Crippen MR) is 89.1 cm³/mol. The van der Waals surface area contributed by atoms with Gasteiger partial charge in [0.2, 0.25) is 0 Å². The fourth-order valence-corrected chi connectivity index (χ4v) is 9.57. The van der Waals surface area contributed by atoms with E-state index in [0.29, 0.717) is 6.04 Å². The summed E-state index contributed by atoms with van der Waals surface area (Å²) in [5.41, 5.74) is -0.230. The zero-order valence-electron chi connectivity index (χ0n) is 13.7. The molecular formula is C14H33NOSi2. The van der Waals surface area contributed by atoms with E-state index in [1.54, 1.807) is 0 Å². The average Bonchev–Trinajstić information content (AvgIpc) is 2.27. The highest BCUT2D eigenvalue weighted by Gasteiger charge is 2.42. The van der Waals surface area contributed by atoms with Crippen LogP contribution in [0, 0.1) is 0 Å². The lowest BCUT2D eigenvalue weighted by Crippen LogP contribution is -2.57. The summed E-state index contributed by atoms with van der Waals surface area (Å²) < 4.78 is 0. The van der Waals surface area contributed by atoms with E-state index in [-0.39, 0.29) is 5.73 Å². The van der Waals surface area contributed by atoms with Gasteiger partial charge in [0.05, 0.1) is 21.9 Å². The van der Waals surface area contributed by atoms with E-state index >= 15 is 0 Å². The van der Waals surface area contributed by atoms with Crippen molar-refractivity contribution in [3.8, 4) is 0 Å². The first kappa shape index (κ1) is 18.1. The van der Waals surface area contributed by atoms with Gasteiger partial charge in [0.25, 0.3) is 0 Å². The summed E-state index contributed by atoms with van der Waals surface area (Å²) in [6.45, 7) is 17.9. The minimum Gasteiger partial charge on any atom is -0.391 e. The number of rotatable bonds is 7. The number of aliphatic hydroxyl groups excluding tert-OH is 1. The highest BCUT2D eigenvalue weighted by atomic mass is 28.3. The van der Waals surface area contributed by atoms with Crippen molar-refractivity contribution in [2.75, 3.05) is 0 Å². The standard InChI is InChI=1S/C14H33NOSi2/c1-9-18(10-2,11-3)14(16)13(15-12(4)5)17(6,7)8/h12,14,16H,9-11H2,1-8H3. The molecule has 18 heavy (non-hydrogen) atoms. The minimum atomic E-state index is -1.60. The summed E-state index contributed by atoms with van der Waals surface area (Å²) in [5, 5.41) is 12.1. The van der Waals surface area contributed by atoms with Crippen molar-refractivity contribution in [1.29, 1.82) is 0 Å². The Kier molecular flexibility index (Phi) is 7.03. The van der Waals surface area contributed by atoms with E-state index < -0.39 is 16.1 Å². The van der Waals surface area contributed by atoms with E-state index in [1.165, 1.54) is 0 Å². The van der Waals surface area contributed by atoms with Gasteiger partial charge < -0.3 is 5.11 Å². The number of hydrogen-bond donors (Lipinski definition) is 1. The van der Waals surface area contributed by atoms with Crippen LogP contribution in [0.3, 0.4) is 0 Å². The minimum absolute atomic E-state index is 0.230. The Hall–Kier alpha value is 0.0638. The van der Waals surface area contributed by atoms with Crippen LogP contribution in [0.25, 0.3) is 0 Å². The molecule has 0 aliphatic rings. The maximum atomic E-state index is 11.0. The van der Waals surface area contributed by atoms with Crippen molar-refractivity contribution in [1.82, 2.24) is 0 Å². The molecule has 0 bridgehead atoms. The van der Waals surface area contributed by atoms with Gasteiger partial charge in [-0.15, -0.1) is 0 Å². The highest BCUT2D eigenvalue weighted by Crippen LogP contribution is 2.28. The molecule has 0 rings (SSSR count). The first-order valence-corrected chi connectivity index (χ1v) is 13.6. The molecule has 2 nitrogen and oxygen atoms in total. The fraction of sp³-hybridized carbons (Fsp3) is 0.929. The first-order chi connectivity index (χ1) is 8.14. The normalized spacial score (nSPS) is 16.2. The summed E-state index contributed by atoms with van der Waals surface area (Å²) in [7, 11) is -3.14. The molecule has 0 fully saturated rings.